The average Bonchev–Trinajstić information content (AvgIpc) is 3.25. The largest absolute Gasteiger partial charge is 0.453 e. The molecule has 4 aliphatic carbocycles. The Morgan fingerprint density at radius 1 is 0.795 bits per heavy atom. The molecule has 0 bridgehead atoms. The highest BCUT2D eigenvalue weighted by Crippen LogP contribution is 2.67. The Hall–Kier alpha value is -0.570. The third-order valence-corrected chi connectivity index (χ3v) is 14.3. The van der Waals surface area contributed by atoms with Gasteiger partial charge < -0.3 is 5.11 Å². The summed E-state index contributed by atoms with van der Waals surface area (Å²) in [6.45, 7) is 4.85. The van der Waals surface area contributed by atoms with Crippen LogP contribution >= 0.6 is 0 Å². The second kappa shape index (κ2) is 15.1. The van der Waals surface area contributed by atoms with Crippen molar-refractivity contribution in [1.82, 2.24) is 0 Å². The van der Waals surface area contributed by atoms with Crippen LogP contribution in [0.4, 0.5) is 22.0 Å². The number of fused-ring (bicyclic) bond motifs is 5. The summed E-state index contributed by atoms with van der Waals surface area (Å²) in [5.41, 5.74) is 0.351. The SMILES string of the molecule is C[C@]12CCC(=O)C[C@@H]1C[C@@H](CCCCCCCCCCCS(=O)CCCC(F)(F)C(F)(F)F)[C@@H]1[C@@H]2CC[C@]2(C)[C@@H](O)CC[C@@H]12. The zero-order valence-corrected chi connectivity index (χ0v) is 27.9. The van der Waals surface area contributed by atoms with E-state index in [-0.39, 0.29) is 29.1 Å². The molecule has 0 aromatic carbocycles. The summed E-state index contributed by atoms with van der Waals surface area (Å²) in [5.74, 6) is -0.772. The molecule has 44 heavy (non-hydrogen) atoms. The van der Waals surface area contributed by atoms with Gasteiger partial charge in [0, 0.05) is 41.6 Å². The summed E-state index contributed by atoms with van der Waals surface area (Å²) in [7, 11) is -1.34. The van der Waals surface area contributed by atoms with Crippen molar-refractivity contribution >= 4 is 16.6 Å². The van der Waals surface area contributed by atoms with Gasteiger partial charge >= 0.3 is 12.1 Å². The highest BCUT2D eigenvalue weighted by atomic mass is 32.2. The molecule has 3 nitrogen and oxygen atoms in total. The van der Waals surface area contributed by atoms with Crippen LogP contribution in [0, 0.1) is 40.4 Å². The molecule has 9 atom stereocenters. The number of halogens is 5. The lowest BCUT2D eigenvalue weighted by Gasteiger charge is -2.62. The van der Waals surface area contributed by atoms with Gasteiger partial charge in [0.2, 0.25) is 0 Å². The van der Waals surface area contributed by atoms with Crippen molar-refractivity contribution in [3.8, 4) is 0 Å². The van der Waals surface area contributed by atoms with Crippen LogP contribution in [0.15, 0.2) is 0 Å². The lowest BCUT2D eigenvalue weighted by atomic mass is 9.42. The number of hydrogen-bond donors (Lipinski definition) is 1. The van der Waals surface area contributed by atoms with E-state index in [0.29, 0.717) is 47.5 Å². The van der Waals surface area contributed by atoms with E-state index >= 15 is 0 Å². The van der Waals surface area contributed by atoms with Crippen molar-refractivity contribution in [1.29, 1.82) is 0 Å². The maximum atomic E-state index is 13.0. The first-order chi connectivity index (χ1) is 20.7. The van der Waals surface area contributed by atoms with Crippen LogP contribution in [0.3, 0.4) is 0 Å². The highest BCUT2D eigenvalue weighted by Gasteiger charge is 2.62. The quantitative estimate of drug-likeness (QED) is 0.133. The van der Waals surface area contributed by atoms with Crippen molar-refractivity contribution in [3.63, 3.8) is 0 Å². The minimum Gasteiger partial charge on any atom is -0.393 e. The monoisotopic (exact) mass is 652 g/mol. The molecule has 0 aromatic heterocycles. The van der Waals surface area contributed by atoms with Crippen LogP contribution in [0.25, 0.3) is 0 Å². The van der Waals surface area contributed by atoms with Crippen LogP contribution in [0.2, 0.25) is 0 Å². The second-order valence-corrected chi connectivity index (χ2v) is 17.2. The summed E-state index contributed by atoms with van der Waals surface area (Å²) in [5, 5.41) is 10.9. The first kappa shape index (κ1) is 36.3. The Kier molecular flexibility index (Phi) is 12.5. The summed E-state index contributed by atoms with van der Waals surface area (Å²) in [4.78, 5) is 12.5. The van der Waals surface area contributed by atoms with Crippen LogP contribution < -0.4 is 0 Å². The van der Waals surface area contributed by atoms with Crippen LogP contribution in [0.1, 0.15) is 142 Å². The molecule has 4 saturated carbocycles. The van der Waals surface area contributed by atoms with E-state index in [9.17, 15) is 36.1 Å². The van der Waals surface area contributed by atoms with Crippen LogP contribution in [0.5, 0.6) is 0 Å². The Labute approximate surface area is 264 Å². The summed E-state index contributed by atoms with van der Waals surface area (Å²) >= 11 is 0. The molecule has 0 spiro atoms. The topological polar surface area (TPSA) is 54.4 Å². The highest BCUT2D eigenvalue weighted by molar-refractivity contribution is 7.84. The molecule has 1 unspecified atom stereocenters. The van der Waals surface area contributed by atoms with Gasteiger partial charge in [-0.05, 0) is 91.8 Å². The van der Waals surface area contributed by atoms with Gasteiger partial charge in [0.05, 0.1) is 6.10 Å². The summed E-state index contributed by atoms with van der Waals surface area (Å²) in [6, 6.07) is 0. The third kappa shape index (κ3) is 8.28. The van der Waals surface area contributed by atoms with Gasteiger partial charge in [-0.15, -0.1) is 0 Å². The molecule has 0 radical (unpaired) electrons. The minimum atomic E-state index is -5.54. The van der Waals surface area contributed by atoms with E-state index < -0.39 is 29.3 Å². The van der Waals surface area contributed by atoms with Gasteiger partial charge in [0.1, 0.15) is 5.78 Å². The number of unbranched alkanes of at least 4 members (excludes halogenated alkanes) is 8. The predicted molar refractivity (Wildman–Crippen MR) is 166 cm³/mol. The molecule has 4 rings (SSSR count). The molecular weight excluding hydrogens is 595 g/mol. The molecule has 0 aliphatic heterocycles. The Bertz CT molecular complexity index is 973. The Morgan fingerprint density at radius 3 is 2.05 bits per heavy atom. The number of alkyl halides is 5. The molecule has 0 heterocycles. The molecule has 256 valence electrons. The van der Waals surface area contributed by atoms with Gasteiger partial charge in [-0.2, -0.15) is 22.0 Å². The standard InChI is InChI=1S/C35H57F5O3S/c1-32-19-16-27(41)24-26(32)23-25(31-28-14-15-30(42)33(28,2)20-17-29(31)32)13-10-8-6-4-3-5-7-9-11-21-44(43)22-12-18-34(36,37)35(38,39)40/h25-26,28-31,42H,3-24H2,1-2H3/t25-,26+,28+,29+,30+,31+,32+,33+,44?/m1/s1. The molecule has 1 N–H and O–H groups in total. The average molecular weight is 653 g/mol. The van der Waals surface area contributed by atoms with E-state index in [1.165, 1.54) is 44.9 Å². The molecule has 4 aliphatic rings. The van der Waals surface area contributed by atoms with E-state index in [2.05, 4.69) is 13.8 Å². The van der Waals surface area contributed by atoms with Crippen LogP contribution in [-0.4, -0.2) is 44.8 Å². The number of rotatable bonds is 16. The Morgan fingerprint density at radius 2 is 1.39 bits per heavy atom. The van der Waals surface area contributed by atoms with E-state index in [4.69, 9.17) is 0 Å². The summed E-state index contributed by atoms with van der Waals surface area (Å²) < 4.78 is 74.5. The smallest absolute Gasteiger partial charge is 0.393 e. The predicted octanol–water partition coefficient (Wildman–Crippen LogP) is 9.81. The van der Waals surface area contributed by atoms with Crippen molar-refractivity contribution in [2.75, 3.05) is 11.5 Å². The fourth-order valence-electron chi connectivity index (χ4n) is 10.1. The maximum Gasteiger partial charge on any atom is 0.453 e. The maximum absolute atomic E-state index is 13.0. The zero-order chi connectivity index (χ0) is 32.2. The molecule has 0 saturated heterocycles. The number of carbonyl (C=O) groups is 1. The third-order valence-electron chi connectivity index (χ3n) is 12.8. The van der Waals surface area contributed by atoms with E-state index in [0.717, 1.165) is 64.2 Å². The number of hydrogen-bond acceptors (Lipinski definition) is 3. The molecule has 0 aromatic rings. The first-order valence-electron chi connectivity index (χ1n) is 17.7. The summed E-state index contributed by atoms with van der Waals surface area (Å²) in [6.07, 6.45) is 11.9. The van der Waals surface area contributed by atoms with Crippen molar-refractivity contribution in [2.24, 2.45) is 40.4 Å². The van der Waals surface area contributed by atoms with E-state index in [1.807, 2.05) is 0 Å². The van der Waals surface area contributed by atoms with Gasteiger partial charge in [0.15, 0.2) is 0 Å². The number of carbonyl (C=O) groups excluding carboxylic acids is 1. The lowest BCUT2D eigenvalue weighted by molar-refractivity contribution is -0.284. The first-order valence-corrected chi connectivity index (χ1v) is 19.2. The molecular formula is C35H57F5O3S. The molecule has 0 amide bonds. The van der Waals surface area contributed by atoms with Crippen molar-refractivity contribution < 1.29 is 36.1 Å². The second-order valence-electron chi connectivity index (χ2n) is 15.5. The number of ketones is 1. The minimum absolute atomic E-state index is 0.0660. The van der Waals surface area contributed by atoms with Gasteiger partial charge in [-0.25, -0.2) is 0 Å². The number of Topliss-reactive ketones (excluding diaryl/α,β-unsaturated/α-hetero) is 1. The molecule has 9 heteroatoms. The van der Waals surface area contributed by atoms with Crippen molar-refractivity contribution in [3.05, 3.63) is 0 Å². The zero-order valence-electron chi connectivity index (χ0n) is 27.1. The van der Waals surface area contributed by atoms with Crippen LogP contribution in [-0.2, 0) is 15.6 Å². The van der Waals surface area contributed by atoms with Gasteiger partial charge in [-0.3, -0.25) is 9.00 Å². The normalized spacial score (nSPS) is 36.5. The lowest BCUT2D eigenvalue weighted by Crippen LogP contribution is -2.57. The molecule has 4 fully saturated rings. The fraction of sp³-hybridized carbons (Fsp3) is 0.971. The van der Waals surface area contributed by atoms with Gasteiger partial charge in [0.25, 0.3) is 0 Å². The van der Waals surface area contributed by atoms with E-state index in [1.54, 1.807) is 0 Å². The number of aliphatic hydroxyl groups excluding tert-OH is 1. The Balaban J connectivity index is 1.10. The van der Waals surface area contributed by atoms with Crippen molar-refractivity contribution in [2.45, 2.75) is 160 Å². The van der Waals surface area contributed by atoms with Gasteiger partial charge in [-0.1, -0.05) is 71.6 Å². The number of aliphatic hydroxyl groups is 1. The fourth-order valence-corrected chi connectivity index (χ4v) is 11.3.